The summed E-state index contributed by atoms with van der Waals surface area (Å²) < 4.78 is 31.3. The van der Waals surface area contributed by atoms with Gasteiger partial charge in [0.25, 0.3) is 0 Å². The molecule has 0 aliphatic rings. The van der Waals surface area contributed by atoms with Gasteiger partial charge in [-0.25, -0.2) is 4.39 Å². The van der Waals surface area contributed by atoms with Crippen LogP contribution in [0.1, 0.15) is 11.1 Å². The molecule has 1 N–H and O–H groups in total. The Morgan fingerprint density at radius 2 is 1.33 bits per heavy atom. The zero-order valence-electron chi connectivity index (χ0n) is 16.4. The largest absolute Gasteiger partial charge is 0.504 e. The van der Waals surface area contributed by atoms with Gasteiger partial charge in [0.15, 0.2) is 17.3 Å². The molecule has 0 aliphatic carbocycles. The Labute approximate surface area is 180 Å². The van der Waals surface area contributed by atoms with Gasteiger partial charge in [-0.3, -0.25) is 0 Å². The van der Waals surface area contributed by atoms with Crippen LogP contribution in [0, 0.1) is 5.82 Å². The second-order valence-electron chi connectivity index (χ2n) is 6.76. The Balaban J connectivity index is 1.61. The summed E-state index contributed by atoms with van der Waals surface area (Å²) in [5.74, 6) is -1.21. The fourth-order valence-electron chi connectivity index (χ4n) is 2.82. The predicted octanol–water partition coefficient (Wildman–Crippen LogP) is 5.32. The Morgan fingerprint density at radius 1 is 0.767 bits per heavy atom. The number of para-hydroxylation sites is 1. The van der Waals surface area contributed by atoms with Crippen LogP contribution in [-0.4, -0.2) is 29.8 Å². The van der Waals surface area contributed by atoms with Crippen molar-refractivity contribution in [2.45, 2.75) is 24.7 Å². The lowest BCUT2D eigenvalue weighted by Crippen LogP contribution is -2.36. The number of alkyl halides is 1. The topological polar surface area (TPSA) is 47.9 Å². The van der Waals surface area contributed by atoms with Crippen LogP contribution in [0.5, 0.6) is 11.5 Å². The summed E-state index contributed by atoms with van der Waals surface area (Å²) >= 11 is 6.52. The predicted molar refractivity (Wildman–Crippen MR) is 114 cm³/mol. The summed E-state index contributed by atoms with van der Waals surface area (Å²) in [6.45, 7) is 1.03. The van der Waals surface area contributed by atoms with Gasteiger partial charge in [0.05, 0.1) is 31.8 Å². The highest BCUT2D eigenvalue weighted by Crippen LogP contribution is 2.30. The third-order valence-corrected chi connectivity index (χ3v) is 4.81. The zero-order valence-corrected chi connectivity index (χ0v) is 17.2. The molecule has 0 bridgehead atoms. The standard InChI is InChI=1S/C24H24ClFO4/c25-20(16-28-14-18-8-3-1-4-9-18)23(17-29-15-19-10-5-2-6-11-19)30-24-21(26)12-7-13-22(24)27/h1-13,20,23,27H,14-17H2. The van der Waals surface area contributed by atoms with E-state index in [2.05, 4.69) is 0 Å². The normalized spacial score (nSPS) is 13.0. The van der Waals surface area contributed by atoms with E-state index in [1.165, 1.54) is 18.2 Å². The van der Waals surface area contributed by atoms with Crippen LogP contribution in [0.3, 0.4) is 0 Å². The molecule has 3 aromatic rings. The lowest BCUT2D eigenvalue weighted by atomic mass is 10.2. The molecule has 0 saturated heterocycles. The molecule has 0 aromatic heterocycles. The smallest absolute Gasteiger partial charge is 0.197 e. The minimum Gasteiger partial charge on any atom is -0.504 e. The van der Waals surface area contributed by atoms with E-state index in [0.717, 1.165) is 11.1 Å². The molecule has 6 heteroatoms. The van der Waals surface area contributed by atoms with Crippen molar-refractivity contribution in [3.8, 4) is 11.5 Å². The first-order valence-electron chi connectivity index (χ1n) is 9.65. The molecule has 0 heterocycles. The average molecular weight is 431 g/mol. The summed E-state index contributed by atoms with van der Waals surface area (Å²) in [6.07, 6.45) is -0.728. The third kappa shape index (κ3) is 6.73. The van der Waals surface area contributed by atoms with Gasteiger partial charge < -0.3 is 19.3 Å². The Kier molecular flexibility index (Phi) is 8.51. The summed E-state index contributed by atoms with van der Waals surface area (Å²) in [5, 5.41) is 9.35. The van der Waals surface area contributed by atoms with Gasteiger partial charge in [-0.05, 0) is 23.3 Å². The van der Waals surface area contributed by atoms with Crippen molar-refractivity contribution in [2.75, 3.05) is 13.2 Å². The molecule has 0 amide bonds. The number of hydrogen-bond acceptors (Lipinski definition) is 4. The first kappa shape index (κ1) is 22.1. The van der Waals surface area contributed by atoms with E-state index in [1.54, 1.807) is 0 Å². The first-order chi connectivity index (χ1) is 14.6. The minimum absolute atomic E-state index is 0.103. The molecule has 0 radical (unpaired) electrons. The maximum atomic E-state index is 14.1. The quantitative estimate of drug-likeness (QED) is 0.418. The molecular formula is C24H24ClFO4. The number of benzene rings is 3. The van der Waals surface area contributed by atoms with Crippen molar-refractivity contribution in [3.63, 3.8) is 0 Å². The molecule has 3 rings (SSSR count). The molecule has 30 heavy (non-hydrogen) atoms. The third-order valence-electron chi connectivity index (χ3n) is 4.40. The van der Waals surface area contributed by atoms with E-state index in [-0.39, 0.29) is 24.7 Å². The van der Waals surface area contributed by atoms with Crippen molar-refractivity contribution in [2.24, 2.45) is 0 Å². The highest BCUT2D eigenvalue weighted by molar-refractivity contribution is 6.21. The van der Waals surface area contributed by atoms with Crippen LogP contribution >= 0.6 is 11.6 Å². The van der Waals surface area contributed by atoms with Crippen LogP contribution < -0.4 is 4.74 Å². The summed E-state index contributed by atoms with van der Waals surface area (Å²) in [5.41, 5.74) is 2.02. The second kappa shape index (κ2) is 11.6. The number of aromatic hydroxyl groups is 1. The van der Waals surface area contributed by atoms with Gasteiger partial charge in [0.2, 0.25) is 0 Å². The first-order valence-corrected chi connectivity index (χ1v) is 10.1. The van der Waals surface area contributed by atoms with Gasteiger partial charge in [-0.15, -0.1) is 11.6 Å². The lowest BCUT2D eigenvalue weighted by molar-refractivity contribution is 0.0171. The van der Waals surface area contributed by atoms with E-state index in [4.69, 9.17) is 25.8 Å². The van der Waals surface area contributed by atoms with Gasteiger partial charge in [-0.1, -0.05) is 66.7 Å². The summed E-state index contributed by atoms with van der Waals surface area (Å²) in [7, 11) is 0. The number of ether oxygens (including phenoxy) is 3. The number of phenols is 1. The van der Waals surface area contributed by atoms with Crippen molar-refractivity contribution in [3.05, 3.63) is 95.8 Å². The SMILES string of the molecule is Oc1cccc(F)c1OC(COCc1ccccc1)C(Cl)COCc1ccccc1. The number of rotatable bonds is 11. The maximum Gasteiger partial charge on any atom is 0.197 e. The van der Waals surface area contributed by atoms with Crippen LogP contribution in [0.4, 0.5) is 4.39 Å². The van der Waals surface area contributed by atoms with E-state index < -0.39 is 17.3 Å². The van der Waals surface area contributed by atoms with Gasteiger partial charge in [0, 0.05) is 0 Å². The van der Waals surface area contributed by atoms with Crippen molar-refractivity contribution < 1.29 is 23.7 Å². The van der Waals surface area contributed by atoms with Crippen molar-refractivity contribution in [1.82, 2.24) is 0 Å². The van der Waals surface area contributed by atoms with E-state index >= 15 is 0 Å². The molecule has 2 atom stereocenters. The van der Waals surface area contributed by atoms with E-state index in [1.807, 2.05) is 60.7 Å². The minimum atomic E-state index is -0.728. The average Bonchev–Trinajstić information content (AvgIpc) is 2.76. The highest BCUT2D eigenvalue weighted by Gasteiger charge is 2.25. The number of hydrogen-bond donors (Lipinski definition) is 1. The molecule has 158 valence electrons. The molecular weight excluding hydrogens is 407 g/mol. The van der Waals surface area contributed by atoms with Crippen molar-refractivity contribution >= 4 is 11.6 Å². The fourth-order valence-corrected chi connectivity index (χ4v) is 3.03. The fraction of sp³-hybridized carbons (Fsp3) is 0.250. The molecule has 4 nitrogen and oxygen atoms in total. The molecule has 0 aliphatic heterocycles. The number of phenolic OH excluding ortho intramolecular Hbond substituents is 1. The van der Waals surface area contributed by atoms with E-state index in [0.29, 0.717) is 13.2 Å². The molecule has 0 saturated carbocycles. The Morgan fingerprint density at radius 3 is 1.90 bits per heavy atom. The summed E-state index contributed by atoms with van der Waals surface area (Å²) in [4.78, 5) is 0. The zero-order chi connectivity index (χ0) is 21.2. The lowest BCUT2D eigenvalue weighted by Gasteiger charge is -2.24. The summed E-state index contributed by atoms with van der Waals surface area (Å²) in [6, 6.07) is 23.3. The van der Waals surface area contributed by atoms with Crippen LogP contribution in [0.15, 0.2) is 78.9 Å². The second-order valence-corrected chi connectivity index (χ2v) is 7.32. The monoisotopic (exact) mass is 430 g/mol. The van der Waals surface area contributed by atoms with Gasteiger partial charge in [-0.2, -0.15) is 0 Å². The molecule has 0 fully saturated rings. The maximum absolute atomic E-state index is 14.1. The Hall–Kier alpha value is -2.60. The molecule has 2 unspecified atom stereocenters. The molecule has 3 aromatic carbocycles. The van der Waals surface area contributed by atoms with Gasteiger partial charge >= 0.3 is 0 Å². The van der Waals surface area contributed by atoms with Gasteiger partial charge in [0.1, 0.15) is 6.10 Å². The van der Waals surface area contributed by atoms with Crippen molar-refractivity contribution in [1.29, 1.82) is 0 Å². The van der Waals surface area contributed by atoms with Crippen LogP contribution in [0.25, 0.3) is 0 Å². The highest BCUT2D eigenvalue weighted by atomic mass is 35.5. The Bertz CT molecular complexity index is 872. The molecule has 0 spiro atoms. The number of halogens is 2. The van der Waals surface area contributed by atoms with E-state index in [9.17, 15) is 9.50 Å². The van der Waals surface area contributed by atoms with Crippen LogP contribution in [-0.2, 0) is 22.7 Å². The van der Waals surface area contributed by atoms with Crippen LogP contribution in [0.2, 0.25) is 0 Å².